The van der Waals surface area contributed by atoms with Gasteiger partial charge < -0.3 is 10.2 Å². The van der Waals surface area contributed by atoms with E-state index in [4.69, 9.17) is 0 Å². The standard InChI is InChI=1S/C10H11F3O2S/c11-6-2-1-5(8(12)9(6)13)10(15)7(14)3-4-16/h1-2,7,10,14-16H,3-4H2. The number of aliphatic hydroxyl groups is 2. The van der Waals surface area contributed by atoms with Crippen LogP contribution in [-0.2, 0) is 0 Å². The van der Waals surface area contributed by atoms with E-state index >= 15 is 0 Å². The zero-order chi connectivity index (χ0) is 12.3. The lowest BCUT2D eigenvalue weighted by molar-refractivity contribution is 0.0147. The van der Waals surface area contributed by atoms with E-state index < -0.39 is 35.2 Å². The molecular formula is C10H11F3O2S. The molecule has 0 aliphatic carbocycles. The van der Waals surface area contributed by atoms with Gasteiger partial charge in [-0.05, 0) is 18.2 Å². The van der Waals surface area contributed by atoms with Crippen molar-refractivity contribution in [1.29, 1.82) is 0 Å². The molecule has 6 heteroatoms. The summed E-state index contributed by atoms with van der Waals surface area (Å²) in [7, 11) is 0. The van der Waals surface area contributed by atoms with Crippen LogP contribution in [0.4, 0.5) is 13.2 Å². The maximum Gasteiger partial charge on any atom is 0.194 e. The molecule has 0 radical (unpaired) electrons. The highest BCUT2D eigenvalue weighted by Crippen LogP contribution is 2.24. The van der Waals surface area contributed by atoms with Crippen LogP contribution in [0.1, 0.15) is 18.1 Å². The van der Waals surface area contributed by atoms with Crippen LogP contribution >= 0.6 is 12.6 Å². The van der Waals surface area contributed by atoms with E-state index in [2.05, 4.69) is 12.6 Å². The third kappa shape index (κ3) is 2.69. The molecule has 0 aliphatic heterocycles. The second-order valence-corrected chi connectivity index (χ2v) is 3.74. The van der Waals surface area contributed by atoms with Crippen LogP contribution in [0.15, 0.2) is 12.1 Å². The van der Waals surface area contributed by atoms with Crippen molar-refractivity contribution >= 4 is 12.6 Å². The summed E-state index contributed by atoms with van der Waals surface area (Å²) in [6, 6.07) is 1.60. The van der Waals surface area contributed by atoms with E-state index in [0.29, 0.717) is 6.07 Å². The zero-order valence-corrected chi connectivity index (χ0v) is 9.09. The van der Waals surface area contributed by atoms with E-state index in [9.17, 15) is 23.4 Å². The van der Waals surface area contributed by atoms with Gasteiger partial charge in [-0.1, -0.05) is 6.07 Å². The highest BCUT2D eigenvalue weighted by atomic mass is 32.1. The number of hydrogen-bond acceptors (Lipinski definition) is 3. The van der Waals surface area contributed by atoms with Crippen LogP contribution in [-0.4, -0.2) is 22.1 Å². The van der Waals surface area contributed by atoms with Crippen LogP contribution in [0, 0.1) is 17.5 Å². The molecule has 2 unspecified atom stereocenters. The molecule has 0 aromatic heterocycles. The first kappa shape index (κ1) is 13.3. The molecule has 0 spiro atoms. The second-order valence-electron chi connectivity index (χ2n) is 3.29. The van der Waals surface area contributed by atoms with Crippen LogP contribution in [0.3, 0.4) is 0 Å². The minimum absolute atomic E-state index is 0.114. The normalized spacial score (nSPS) is 14.9. The third-order valence-electron chi connectivity index (χ3n) is 2.17. The summed E-state index contributed by atoms with van der Waals surface area (Å²) < 4.78 is 38.7. The lowest BCUT2D eigenvalue weighted by Crippen LogP contribution is -2.20. The number of halogens is 3. The maximum absolute atomic E-state index is 13.2. The fraction of sp³-hybridized carbons (Fsp3) is 0.400. The largest absolute Gasteiger partial charge is 0.390 e. The maximum atomic E-state index is 13.2. The molecule has 1 aromatic rings. The summed E-state index contributed by atoms with van der Waals surface area (Å²) in [5.41, 5.74) is -0.465. The van der Waals surface area contributed by atoms with Crippen molar-refractivity contribution in [2.24, 2.45) is 0 Å². The number of hydrogen-bond donors (Lipinski definition) is 3. The first-order chi connectivity index (χ1) is 7.49. The molecule has 0 aliphatic rings. The Bertz CT molecular complexity index is 373. The third-order valence-corrected chi connectivity index (χ3v) is 2.43. The van der Waals surface area contributed by atoms with Crippen LogP contribution in [0.5, 0.6) is 0 Å². The average Bonchev–Trinajstić information content (AvgIpc) is 2.26. The van der Waals surface area contributed by atoms with Crippen LogP contribution in [0.2, 0.25) is 0 Å². The van der Waals surface area contributed by atoms with Gasteiger partial charge in [0.1, 0.15) is 6.10 Å². The van der Waals surface area contributed by atoms with Gasteiger partial charge in [0, 0.05) is 5.56 Å². The van der Waals surface area contributed by atoms with Gasteiger partial charge in [0.15, 0.2) is 17.5 Å². The Morgan fingerprint density at radius 2 is 1.75 bits per heavy atom. The SMILES string of the molecule is OC(CCS)C(O)c1ccc(F)c(F)c1F. The summed E-state index contributed by atoms with van der Waals surface area (Å²) in [4.78, 5) is 0. The highest BCUT2D eigenvalue weighted by molar-refractivity contribution is 7.80. The van der Waals surface area contributed by atoms with E-state index in [1.165, 1.54) is 0 Å². The van der Waals surface area contributed by atoms with Gasteiger partial charge in [0.2, 0.25) is 0 Å². The molecule has 0 amide bonds. The zero-order valence-electron chi connectivity index (χ0n) is 8.20. The molecule has 2 N–H and O–H groups in total. The van der Waals surface area contributed by atoms with Crippen molar-refractivity contribution < 1.29 is 23.4 Å². The molecule has 90 valence electrons. The minimum Gasteiger partial charge on any atom is -0.390 e. The Kier molecular flexibility index (Phi) is 4.64. The fourth-order valence-electron chi connectivity index (χ4n) is 1.27. The van der Waals surface area contributed by atoms with Crippen molar-refractivity contribution in [3.63, 3.8) is 0 Å². The molecule has 0 bridgehead atoms. The smallest absolute Gasteiger partial charge is 0.194 e. The number of aliphatic hydroxyl groups excluding tert-OH is 2. The molecular weight excluding hydrogens is 241 g/mol. The minimum atomic E-state index is -1.66. The topological polar surface area (TPSA) is 40.5 Å². The lowest BCUT2D eigenvalue weighted by atomic mass is 10.0. The van der Waals surface area contributed by atoms with Crippen molar-refractivity contribution in [1.82, 2.24) is 0 Å². The second kappa shape index (κ2) is 5.56. The summed E-state index contributed by atoms with van der Waals surface area (Å²) in [5, 5.41) is 18.9. The average molecular weight is 252 g/mol. The van der Waals surface area contributed by atoms with Crippen molar-refractivity contribution in [2.45, 2.75) is 18.6 Å². The summed E-state index contributed by atoms with van der Waals surface area (Å²) >= 11 is 3.83. The fourth-order valence-corrected chi connectivity index (χ4v) is 1.53. The highest BCUT2D eigenvalue weighted by Gasteiger charge is 2.24. The summed E-state index contributed by atoms with van der Waals surface area (Å²) in [6.07, 6.45) is -2.75. The van der Waals surface area contributed by atoms with Gasteiger partial charge in [-0.3, -0.25) is 0 Å². The number of benzene rings is 1. The van der Waals surface area contributed by atoms with Crippen molar-refractivity contribution in [2.75, 3.05) is 5.75 Å². The van der Waals surface area contributed by atoms with Gasteiger partial charge in [0.25, 0.3) is 0 Å². The molecule has 2 nitrogen and oxygen atoms in total. The Morgan fingerprint density at radius 1 is 1.12 bits per heavy atom. The predicted octanol–water partition coefficient (Wildman–Crippen LogP) is 1.82. The van der Waals surface area contributed by atoms with Gasteiger partial charge in [-0.2, -0.15) is 12.6 Å². The van der Waals surface area contributed by atoms with Crippen molar-refractivity contribution in [3.8, 4) is 0 Å². The van der Waals surface area contributed by atoms with Gasteiger partial charge in [0.05, 0.1) is 6.10 Å². The molecule has 0 fully saturated rings. The molecule has 1 rings (SSSR count). The quantitative estimate of drug-likeness (QED) is 0.565. The van der Waals surface area contributed by atoms with E-state index in [0.717, 1.165) is 6.07 Å². The van der Waals surface area contributed by atoms with Gasteiger partial charge in [-0.15, -0.1) is 0 Å². The molecule has 0 saturated carbocycles. The number of rotatable bonds is 4. The van der Waals surface area contributed by atoms with Gasteiger partial charge in [-0.25, -0.2) is 13.2 Å². The van der Waals surface area contributed by atoms with E-state index in [1.807, 2.05) is 0 Å². The van der Waals surface area contributed by atoms with Crippen molar-refractivity contribution in [3.05, 3.63) is 35.1 Å². The predicted molar refractivity (Wildman–Crippen MR) is 55.8 cm³/mol. The summed E-state index contributed by atoms with van der Waals surface area (Å²) in [5.74, 6) is -4.19. The Hall–Kier alpha value is -0.720. The molecule has 16 heavy (non-hydrogen) atoms. The molecule has 0 heterocycles. The first-order valence-electron chi connectivity index (χ1n) is 4.59. The molecule has 0 saturated heterocycles. The van der Waals surface area contributed by atoms with Gasteiger partial charge >= 0.3 is 0 Å². The first-order valence-corrected chi connectivity index (χ1v) is 5.22. The lowest BCUT2D eigenvalue weighted by Gasteiger charge is -2.18. The monoisotopic (exact) mass is 252 g/mol. The summed E-state index contributed by atoms with van der Waals surface area (Å²) in [6.45, 7) is 0. The van der Waals surface area contributed by atoms with E-state index in [1.54, 1.807) is 0 Å². The van der Waals surface area contributed by atoms with E-state index in [-0.39, 0.29) is 12.2 Å². The Morgan fingerprint density at radius 3 is 2.31 bits per heavy atom. The molecule has 1 aromatic carbocycles. The molecule has 2 atom stereocenters. The van der Waals surface area contributed by atoms with Crippen LogP contribution < -0.4 is 0 Å². The van der Waals surface area contributed by atoms with Crippen LogP contribution in [0.25, 0.3) is 0 Å². The Labute approximate surface area is 96.1 Å². The Balaban J connectivity index is 3.00. The number of thiol groups is 1.